The summed E-state index contributed by atoms with van der Waals surface area (Å²) < 4.78 is 3.86. The largest absolute Gasteiger partial charge is 0.364 e. The number of aromatic nitrogens is 6. The monoisotopic (exact) mass is 423 g/mol. The van der Waals surface area contributed by atoms with E-state index in [1.165, 1.54) is 0 Å². The molecule has 0 unspecified atom stereocenters. The number of hydrogen-bond donors (Lipinski definition) is 1. The fraction of sp³-hybridized carbons (Fsp3) is 0.125. The van der Waals surface area contributed by atoms with Crippen LogP contribution in [0.2, 0.25) is 0 Å². The van der Waals surface area contributed by atoms with Crippen molar-refractivity contribution in [2.45, 2.75) is 19.8 Å². The quantitative estimate of drug-likeness (QED) is 0.462. The SMILES string of the molecule is CC(C)c1nn(-c2ccc(C(N)=O)nc2)c2cccc(-n3cnc(-c4cccnc4)c3)c12. The molecule has 0 aliphatic heterocycles. The van der Waals surface area contributed by atoms with Crippen LogP contribution in [0.4, 0.5) is 0 Å². The summed E-state index contributed by atoms with van der Waals surface area (Å²) in [6.45, 7) is 4.23. The Labute approximate surface area is 184 Å². The third kappa shape index (κ3) is 3.31. The Morgan fingerprint density at radius 2 is 1.91 bits per heavy atom. The van der Waals surface area contributed by atoms with Gasteiger partial charge in [-0.25, -0.2) is 14.6 Å². The molecular weight excluding hydrogens is 402 g/mol. The molecule has 0 radical (unpaired) electrons. The minimum atomic E-state index is -0.559. The smallest absolute Gasteiger partial charge is 0.267 e. The van der Waals surface area contributed by atoms with Gasteiger partial charge in [0.05, 0.1) is 40.8 Å². The summed E-state index contributed by atoms with van der Waals surface area (Å²) >= 11 is 0. The molecule has 32 heavy (non-hydrogen) atoms. The molecule has 158 valence electrons. The number of benzene rings is 1. The van der Waals surface area contributed by atoms with Gasteiger partial charge in [-0.2, -0.15) is 5.10 Å². The zero-order valence-electron chi connectivity index (χ0n) is 17.7. The molecule has 0 saturated carbocycles. The van der Waals surface area contributed by atoms with Crippen molar-refractivity contribution in [1.29, 1.82) is 0 Å². The first kappa shape index (κ1) is 19.6. The number of primary amides is 1. The number of carbonyl (C=O) groups is 1. The molecule has 0 aliphatic carbocycles. The molecule has 4 heterocycles. The van der Waals surface area contributed by atoms with Gasteiger partial charge in [-0.15, -0.1) is 0 Å². The van der Waals surface area contributed by atoms with E-state index in [0.717, 1.165) is 39.2 Å². The second-order valence-corrected chi connectivity index (χ2v) is 7.80. The molecule has 4 aromatic heterocycles. The van der Waals surface area contributed by atoms with Crippen LogP contribution in [0.25, 0.3) is 33.5 Å². The molecule has 8 nitrogen and oxygen atoms in total. The highest BCUT2D eigenvalue weighted by Crippen LogP contribution is 2.32. The van der Waals surface area contributed by atoms with E-state index < -0.39 is 5.91 Å². The van der Waals surface area contributed by atoms with Crippen LogP contribution in [0.5, 0.6) is 0 Å². The standard InChI is InChI=1S/C24H21N7O/c1-15(2)23-22-20(30-13-19(28-14-30)16-5-4-10-26-11-16)6-3-7-21(22)31(29-23)17-8-9-18(24(25)32)27-12-17/h3-15H,1-2H3,(H2,25,32). The Morgan fingerprint density at radius 3 is 2.59 bits per heavy atom. The number of fused-ring (bicyclic) bond motifs is 1. The van der Waals surface area contributed by atoms with E-state index in [1.54, 1.807) is 30.7 Å². The topological polar surface area (TPSA) is 105 Å². The minimum Gasteiger partial charge on any atom is -0.364 e. The van der Waals surface area contributed by atoms with Gasteiger partial charge >= 0.3 is 0 Å². The molecule has 0 fully saturated rings. The Kier molecular flexibility index (Phi) is 4.74. The maximum Gasteiger partial charge on any atom is 0.267 e. The van der Waals surface area contributed by atoms with E-state index in [-0.39, 0.29) is 11.6 Å². The van der Waals surface area contributed by atoms with Crippen LogP contribution >= 0.6 is 0 Å². The predicted molar refractivity (Wildman–Crippen MR) is 122 cm³/mol. The van der Waals surface area contributed by atoms with E-state index in [1.807, 2.05) is 46.0 Å². The third-order valence-corrected chi connectivity index (χ3v) is 5.32. The molecule has 0 spiro atoms. The highest BCUT2D eigenvalue weighted by atomic mass is 16.1. The van der Waals surface area contributed by atoms with Crippen molar-refractivity contribution < 1.29 is 4.79 Å². The van der Waals surface area contributed by atoms with Crippen molar-refractivity contribution in [2.24, 2.45) is 5.73 Å². The molecule has 2 N–H and O–H groups in total. The second kappa shape index (κ2) is 7.73. The molecular formula is C24H21N7O. The van der Waals surface area contributed by atoms with Gasteiger partial charge in [-0.3, -0.25) is 9.78 Å². The molecule has 1 amide bonds. The summed E-state index contributed by atoms with van der Waals surface area (Å²) in [6.07, 6.45) is 8.96. The van der Waals surface area contributed by atoms with Crippen molar-refractivity contribution in [3.63, 3.8) is 0 Å². The van der Waals surface area contributed by atoms with Crippen LogP contribution in [0.1, 0.15) is 35.9 Å². The highest BCUT2D eigenvalue weighted by molar-refractivity contribution is 5.92. The lowest BCUT2D eigenvalue weighted by Gasteiger charge is -2.08. The van der Waals surface area contributed by atoms with Crippen LogP contribution in [-0.4, -0.2) is 35.2 Å². The first-order chi connectivity index (χ1) is 15.5. The van der Waals surface area contributed by atoms with Crippen molar-refractivity contribution in [2.75, 3.05) is 0 Å². The predicted octanol–water partition coefficient (Wildman–Crippen LogP) is 3.89. The first-order valence-electron chi connectivity index (χ1n) is 10.3. The summed E-state index contributed by atoms with van der Waals surface area (Å²) in [7, 11) is 0. The molecule has 5 aromatic rings. The summed E-state index contributed by atoms with van der Waals surface area (Å²) in [4.78, 5) is 24.3. The molecule has 0 bridgehead atoms. The zero-order chi connectivity index (χ0) is 22.2. The van der Waals surface area contributed by atoms with E-state index in [2.05, 4.69) is 34.9 Å². The Morgan fingerprint density at radius 1 is 1.03 bits per heavy atom. The van der Waals surface area contributed by atoms with Crippen molar-refractivity contribution >= 4 is 16.8 Å². The molecule has 5 rings (SSSR count). The Bertz CT molecular complexity index is 1420. The maximum atomic E-state index is 11.4. The second-order valence-electron chi connectivity index (χ2n) is 7.80. The van der Waals surface area contributed by atoms with Crippen LogP contribution < -0.4 is 5.73 Å². The van der Waals surface area contributed by atoms with Gasteiger partial charge in [0, 0.05) is 29.5 Å². The Balaban J connectivity index is 1.67. The lowest BCUT2D eigenvalue weighted by Crippen LogP contribution is -2.13. The lowest BCUT2D eigenvalue weighted by atomic mass is 10.0. The summed E-state index contributed by atoms with van der Waals surface area (Å²) in [5, 5.41) is 5.94. The Hall–Kier alpha value is -4.33. The first-order valence-corrected chi connectivity index (χ1v) is 10.3. The van der Waals surface area contributed by atoms with Crippen LogP contribution in [0, 0.1) is 0 Å². The molecule has 0 atom stereocenters. The normalized spacial score (nSPS) is 11.3. The highest BCUT2D eigenvalue weighted by Gasteiger charge is 2.19. The van der Waals surface area contributed by atoms with E-state index >= 15 is 0 Å². The summed E-state index contributed by atoms with van der Waals surface area (Å²) in [6, 6.07) is 13.4. The average molecular weight is 423 g/mol. The van der Waals surface area contributed by atoms with E-state index in [9.17, 15) is 4.79 Å². The fourth-order valence-corrected chi connectivity index (χ4v) is 3.77. The molecule has 8 heteroatoms. The van der Waals surface area contributed by atoms with Gasteiger partial charge in [-0.05, 0) is 42.3 Å². The number of nitrogens with two attached hydrogens (primary N) is 1. The minimum absolute atomic E-state index is 0.194. The third-order valence-electron chi connectivity index (χ3n) is 5.32. The number of imidazole rings is 1. The summed E-state index contributed by atoms with van der Waals surface area (Å²) in [5.74, 6) is -0.365. The fourth-order valence-electron chi connectivity index (χ4n) is 3.77. The van der Waals surface area contributed by atoms with Gasteiger partial charge in [0.15, 0.2) is 0 Å². The molecule has 1 aromatic carbocycles. The van der Waals surface area contributed by atoms with E-state index in [0.29, 0.717) is 0 Å². The van der Waals surface area contributed by atoms with Gasteiger partial charge in [-0.1, -0.05) is 19.9 Å². The van der Waals surface area contributed by atoms with E-state index in [4.69, 9.17) is 10.8 Å². The van der Waals surface area contributed by atoms with Gasteiger partial charge < -0.3 is 10.3 Å². The zero-order valence-corrected chi connectivity index (χ0v) is 17.7. The van der Waals surface area contributed by atoms with Gasteiger partial charge in [0.2, 0.25) is 0 Å². The van der Waals surface area contributed by atoms with Crippen LogP contribution in [0.3, 0.4) is 0 Å². The van der Waals surface area contributed by atoms with Crippen molar-refractivity contribution in [3.05, 3.63) is 85.0 Å². The maximum absolute atomic E-state index is 11.4. The number of carbonyl (C=O) groups excluding carboxylic acids is 1. The number of pyridine rings is 2. The molecule has 0 saturated heterocycles. The van der Waals surface area contributed by atoms with Gasteiger partial charge in [0.25, 0.3) is 5.91 Å². The molecule has 0 aliphatic rings. The van der Waals surface area contributed by atoms with Gasteiger partial charge in [0.1, 0.15) is 5.69 Å². The average Bonchev–Trinajstić information content (AvgIpc) is 3.45. The summed E-state index contributed by atoms with van der Waals surface area (Å²) in [5.41, 5.74) is 11.0. The van der Waals surface area contributed by atoms with Crippen LogP contribution in [-0.2, 0) is 0 Å². The number of nitrogens with zero attached hydrogens (tertiary/aromatic N) is 6. The number of hydrogen-bond acceptors (Lipinski definition) is 5. The van der Waals surface area contributed by atoms with Crippen molar-refractivity contribution in [1.82, 2.24) is 29.3 Å². The number of amides is 1. The number of rotatable bonds is 5. The lowest BCUT2D eigenvalue weighted by molar-refractivity contribution is 0.0995. The van der Waals surface area contributed by atoms with Crippen LogP contribution in [0.15, 0.2) is 73.6 Å². The van der Waals surface area contributed by atoms with Crippen molar-refractivity contribution in [3.8, 4) is 22.6 Å².